The van der Waals surface area contributed by atoms with Crippen LogP contribution >= 0.6 is 0 Å². The first-order valence-corrected chi connectivity index (χ1v) is 12.2. The number of rotatable bonds is 6. The fourth-order valence-corrected chi connectivity index (χ4v) is 5.41. The van der Waals surface area contributed by atoms with Gasteiger partial charge in [-0.15, -0.1) is 0 Å². The van der Waals surface area contributed by atoms with Gasteiger partial charge in [0.05, 0.1) is 18.8 Å². The molecule has 8 nitrogen and oxygen atoms in total. The molecule has 1 aromatic carbocycles. The van der Waals surface area contributed by atoms with Gasteiger partial charge in [0, 0.05) is 73.8 Å². The molecule has 1 aromatic heterocycles. The number of hydrogen-bond acceptors (Lipinski definition) is 5. The summed E-state index contributed by atoms with van der Waals surface area (Å²) in [6.07, 6.45) is 6.23. The lowest BCUT2D eigenvalue weighted by molar-refractivity contribution is -0.125. The van der Waals surface area contributed by atoms with E-state index in [0.29, 0.717) is 42.6 Å². The third-order valence-corrected chi connectivity index (χ3v) is 7.44. The van der Waals surface area contributed by atoms with E-state index in [9.17, 15) is 14.0 Å². The highest BCUT2D eigenvalue weighted by Crippen LogP contribution is 2.34. The summed E-state index contributed by atoms with van der Waals surface area (Å²) in [6, 6.07) is 4.67. The molecule has 0 spiro atoms. The van der Waals surface area contributed by atoms with Crippen molar-refractivity contribution in [2.24, 2.45) is 11.8 Å². The van der Waals surface area contributed by atoms with Crippen LogP contribution in [0.3, 0.4) is 0 Å². The molecule has 9 heteroatoms. The average molecular weight is 483 g/mol. The van der Waals surface area contributed by atoms with Crippen LogP contribution in [0.4, 0.5) is 4.39 Å². The molecular formula is C26H31FN4O4. The van der Waals surface area contributed by atoms with E-state index in [1.54, 1.807) is 17.6 Å². The number of carbonyl (C=O) groups is 2. The lowest BCUT2D eigenvalue weighted by Gasteiger charge is -2.32. The molecule has 2 atom stereocenters. The molecule has 2 unspecified atom stereocenters. The van der Waals surface area contributed by atoms with Gasteiger partial charge in [-0.25, -0.2) is 9.87 Å². The van der Waals surface area contributed by atoms with E-state index in [0.717, 1.165) is 44.1 Å². The van der Waals surface area contributed by atoms with Gasteiger partial charge >= 0.3 is 0 Å². The predicted octanol–water partition coefficient (Wildman–Crippen LogP) is 2.36. The van der Waals surface area contributed by atoms with Gasteiger partial charge in [-0.2, -0.15) is 0 Å². The van der Waals surface area contributed by atoms with E-state index >= 15 is 0 Å². The molecule has 2 aromatic rings. The maximum Gasteiger partial charge on any atom is 0.274 e. The van der Waals surface area contributed by atoms with Gasteiger partial charge in [0.2, 0.25) is 0 Å². The van der Waals surface area contributed by atoms with E-state index in [1.165, 1.54) is 12.1 Å². The van der Waals surface area contributed by atoms with Crippen LogP contribution in [-0.4, -0.2) is 77.3 Å². The summed E-state index contributed by atoms with van der Waals surface area (Å²) in [5.74, 6) is -0.796. The predicted molar refractivity (Wildman–Crippen MR) is 129 cm³/mol. The average Bonchev–Trinajstić information content (AvgIpc) is 3.18. The van der Waals surface area contributed by atoms with Crippen molar-refractivity contribution in [2.45, 2.75) is 19.9 Å². The van der Waals surface area contributed by atoms with Gasteiger partial charge in [0.15, 0.2) is 0 Å². The Hall–Kier alpha value is -3.01. The number of ether oxygens (including phenoxy) is 1. The van der Waals surface area contributed by atoms with Gasteiger partial charge < -0.3 is 14.2 Å². The minimum Gasteiger partial charge on any atom is -0.379 e. The molecule has 35 heavy (non-hydrogen) atoms. The summed E-state index contributed by atoms with van der Waals surface area (Å²) >= 11 is 0. The van der Waals surface area contributed by atoms with Gasteiger partial charge in [-0.05, 0) is 24.1 Å². The molecule has 5 rings (SSSR count). The number of hydroxylamine groups is 1. The zero-order valence-electron chi connectivity index (χ0n) is 19.9. The van der Waals surface area contributed by atoms with Crippen molar-refractivity contribution in [3.05, 3.63) is 59.1 Å². The lowest BCUT2D eigenvalue weighted by atomic mass is 9.86. The monoisotopic (exact) mass is 482 g/mol. The van der Waals surface area contributed by atoms with E-state index in [2.05, 4.69) is 9.47 Å². The first-order chi connectivity index (χ1) is 17.0. The number of aromatic nitrogens is 1. The summed E-state index contributed by atoms with van der Waals surface area (Å²) < 4.78 is 21.8. The Bertz CT molecular complexity index is 1200. The topological polar surface area (TPSA) is 87.0 Å². The summed E-state index contributed by atoms with van der Waals surface area (Å²) in [4.78, 5) is 29.6. The molecule has 1 fully saturated rings. The number of carbonyl (C=O) groups excluding carboxylic acids is 2. The van der Waals surface area contributed by atoms with E-state index in [-0.39, 0.29) is 23.6 Å². The van der Waals surface area contributed by atoms with Gasteiger partial charge in [0.1, 0.15) is 5.82 Å². The largest absolute Gasteiger partial charge is 0.379 e. The van der Waals surface area contributed by atoms with Gasteiger partial charge in [0.25, 0.3) is 11.8 Å². The standard InChI is InChI=1S/C26H31FN4O4/c1-17-14-18(25(32)28-34)2-3-19(17)16-31-22-5-4-20(27)15-21(22)24-23(31)6-7-30(26(24)33)9-8-29-10-12-35-13-11-29/h2-5,14-15,17,19,34H,6-13,16H2,1H3,(H,28,32). The molecule has 2 amide bonds. The number of hydrogen-bond donors (Lipinski definition) is 2. The SMILES string of the molecule is CC1C=C(C(=O)NO)C=CC1Cn1c2c(c3cc(F)ccc31)C(=O)N(CCN1CCOCC1)CC2. The summed E-state index contributed by atoms with van der Waals surface area (Å²) in [6.45, 7) is 7.91. The van der Waals surface area contributed by atoms with E-state index in [1.807, 2.05) is 24.0 Å². The molecular weight excluding hydrogens is 451 g/mol. The Kier molecular flexibility index (Phi) is 6.73. The van der Waals surface area contributed by atoms with Crippen LogP contribution in [0.15, 0.2) is 42.0 Å². The molecule has 2 N–H and O–H groups in total. The van der Waals surface area contributed by atoms with Crippen LogP contribution < -0.4 is 5.48 Å². The summed E-state index contributed by atoms with van der Waals surface area (Å²) in [5.41, 5.74) is 4.50. The number of halogens is 1. The Morgan fingerprint density at radius 1 is 1.23 bits per heavy atom. The Morgan fingerprint density at radius 2 is 2.03 bits per heavy atom. The molecule has 0 bridgehead atoms. The zero-order valence-corrected chi connectivity index (χ0v) is 19.9. The van der Waals surface area contributed by atoms with Crippen molar-refractivity contribution in [3.8, 4) is 0 Å². The fourth-order valence-electron chi connectivity index (χ4n) is 5.41. The van der Waals surface area contributed by atoms with Crippen molar-refractivity contribution < 1.29 is 23.9 Å². The first kappa shape index (κ1) is 23.7. The van der Waals surface area contributed by atoms with Crippen molar-refractivity contribution in [1.82, 2.24) is 19.8 Å². The highest BCUT2D eigenvalue weighted by atomic mass is 19.1. The Balaban J connectivity index is 1.41. The summed E-state index contributed by atoms with van der Waals surface area (Å²) in [7, 11) is 0. The molecule has 2 aliphatic heterocycles. The first-order valence-electron chi connectivity index (χ1n) is 12.2. The van der Waals surface area contributed by atoms with E-state index in [4.69, 9.17) is 9.94 Å². The highest BCUT2D eigenvalue weighted by molar-refractivity contribution is 6.09. The quantitative estimate of drug-likeness (QED) is 0.488. The van der Waals surface area contributed by atoms with Crippen LogP contribution in [0, 0.1) is 17.7 Å². The Morgan fingerprint density at radius 3 is 2.77 bits per heavy atom. The Labute approximate surface area is 203 Å². The van der Waals surface area contributed by atoms with Crippen molar-refractivity contribution in [3.63, 3.8) is 0 Å². The number of fused-ring (bicyclic) bond motifs is 3. The molecule has 1 aliphatic carbocycles. The van der Waals surface area contributed by atoms with Gasteiger partial charge in [-0.1, -0.05) is 25.2 Å². The van der Waals surface area contributed by atoms with Gasteiger partial charge in [-0.3, -0.25) is 19.7 Å². The third kappa shape index (κ3) is 4.63. The van der Waals surface area contributed by atoms with Crippen molar-refractivity contribution in [2.75, 3.05) is 45.9 Å². The van der Waals surface area contributed by atoms with Crippen molar-refractivity contribution in [1.29, 1.82) is 0 Å². The number of morpholine rings is 1. The molecule has 3 aliphatic rings. The van der Waals surface area contributed by atoms with Crippen LogP contribution in [0.25, 0.3) is 10.9 Å². The number of nitrogens with zero attached hydrogens (tertiary/aromatic N) is 3. The second-order valence-electron chi connectivity index (χ2n) is 9.54. The second kappa shape index (κ2) is 9.93. The number of benzene rings is 1. The molecule has 0 radical (unpaired) electrons. The highest BCUT2D eigenvalue weighted by Gasteiger charge is 2.32. The maximum absolute atomic E-state index is 14.3. The smallest absolute Gasteiger partial charge is 0.274 e. The zero-order chi connectivity index (χ0) is 24.5. The number of allylic oxidation sites excluding steroid dienone is 2. The maximum atomic E-state index is 14.3. The van der Waals surface area contributed by atoms with Crippen LogP contribution in [0.5, 0.6) is 0 Å². The molecule has 3 heterocycles. The minimum atomic E-state index is -0.534. The molecule has 186 valence electrons. The second-order valence-corrected chi connectivity index (χ2v) is 9.54. The third-order valence-electron chi connectivity index (χ3n) is 7.44. The fraction of sp³-hybridized carbons (Fsp3) is 0.462. The number of nitrogens with one attached hydrogen (secondary N) is 1. The van der Waals surface area contributed by atoms with Crippen LogP contribution in [0.2, 0.25) is 0 Å². The minimum absolute atomic E-state index is 0.0390. The van der Waals surface area contributed by atoms with Crippen LogP contribution in [-0.2, 0) is 22.5 Å². The summed E-state index contributed by atoms with van der Waals surface area (Å²) in [5, 5.41) is 9.58. The molecule has 1 saturated heterocycles. The van der Waals surface area contributed by atoms with E-state index < -0.39 is 5.91 Å². The normalized spacial score (nSPS) is 22.9. The lowest BCUT2D eigenvalue weighted by Crippen LogP contribution is -2.45. The number of amides is 2. The molecule has 0 saturated carbocycles. The van der Waals surface area contributed by atoms with Crippen molar-refractivity contribution >= 4 is 22.7 Å². The van der Waals surface area contributed by atoms with Crippen LogP contribution in [0.1, 0.15) is 23.0 Å².